The van der Waals surface area contributed by atoms with Gasteiger partial charge >= 0.3 is 0 Å². The highest BCUT2D eigenvalue weighted by atomic mass is 16.2. The average Bonchev–Trinajstić information content (AvgIpc) is 3.47. The molecule has 3 aromatic carbocycles. The van der Waals surface area contributed by atoms with Crippen molar-refractivity contribution in [3.05, 3.63) is 89.5 Å². The molecule has 3 aliphatic rings. The summed E-state index contributed by atoms with van der Waals surface area (Å²) in [6, 6.07) is 24.5. The van der Waals surface area contributed by atoms with Crippen LogP contribution in [0, 0.1) is 17.8 Å². The summed E-state index contributed by atoms with van der Waals surface area (Å²) in [7, 11) is 0. The lowest BCUT2D eigenvalue weighted by molar-refractivity contribution is -0.114. The van der Waals surface area contributed by atoms with Crippen LogP contribution in [-0.2, 0) is 4.79 Å². The summed E-state index contributed by atoms with van der Waals surface area (Å²) >= 11 is 0. The summed E-state index contributed by atoms with van der Waals surface area (Å²) < 4.78 is 0. The molecule has 1 heterocycles. The first-order valence-electron chi connectivity index (χ1n) is 12.2. The minimum Gasteiger partial charge on any atom is -0.378 e. The van der Waals surface area contributed by atoms with Crippen LogP contribution in [-0.4, -0.2) is 11.8 Å². The van der Waals surface area contributed by atoms with Crippen LogP contribution in [0.3, 0.4) is 0 Å². The van der Waals surface area contributed by atoms with E-state index in [0.29, 0.717) is 40.7 Å². The van der Waals surface area contributed by atoms with E-state index in [0.717, 1.165) is 5.92 Å². The first kappa shape index (κ1) is 21.0. The van der Waals surface area contributed by atoms with Crippen molar-refractivity contribution in [3.8, 4) is 0 Å². The van der Waals surface area contributed by atoms with Gasteiger partial charge in [0.25, 0.3) is 5.91 Å². The molecule has 2 bridgehead atoms. The Hall–Kier alpha value is -3.60. The predicted molar refractivity (Wildman–Crippen MR) is 135 cm³/mol. The lowest BCUT2D eigenvalue weighted by atomic mass is 9.68. The Morgan fingerprint density at radius 1 is 0.853 bits per heavy atom. The van der Waals surface area contributed by atoms with Crippen molar-refractivity contribution in [3.63, 3.8) is 0 Å². The number of carbonyl (C=O) groups is 2. The van der Waals surface area contributed by atoms with E-state index in [1.807, 2.05) is 6.07 Å². The molecule has 3 N–H and O–H groups in total. The fourth-order valence-electron chi connectivity index (χ4n) is 6.66. The Bertz CT molecular complexity index is 1240. The molecule has 2 fully saturated rings. The maximum Gasteiger partial charge on any atom is 0.255 e. The number of nitrogens with one attached hydrogen (secondary N) is 3. The first-order valence-corrected chi connectivity index (χ1v) is 12.2. The summed E-state index contributed by atoms with van der Waals surface area (Å²) in [6.45, 7) is 1.48. The molecule has 2 aliphatic carbocycles. The van der Waals surface area contributed by atoms with E-state index in [1.54, 1.807) is 24.3 Å². The van der Waals surface area contributed by atoms with Gasteiger partial charge in [0.05, 0.1) is 6.04 Å². The molecule has 5 atom stereocenters. The Kier molecular flexibility index (Phi) is 5.13. The largest absolute Gasteiger partial charge is 0.378 e. The van der Waals surface area contributed by atoms with Crippen LogP contribution in [0.25, 0.3) is 0 Å². The summed E-state index contributed by atoms with van der Waals surface area (Å²) in [4.78, 5) is 24.3. The minimum atomic E-state index is -0.118. The predicted octanol–water partition coefficient (Wildman–Crippen LogP) is 6.19. The zero-order valence-electron chi connectivity index (χ0n) is 19.3. The Balaban J connectivity index is 1.27. The fourth-order valence-corrected chi connectivity index (χ4v) is 6.66. The standard InChI is InChI=1S/C29H29N3O2/c1-17(33)30-22-10-12-23(13-11-22)31-29(34)21-9-14-25-24(16-21)26-19-7-8-20(15-19)27(26)28(32-25)18-5-3-2-4-6-18/h2-6,9-14,16,19-20,26-28,32H,7-8,15H2,1H3,(H,30,33)(H,31,34)/t19-,20-,26-,27-,28+/m0/s1. The highest BCUT2D eigenvalue weighted by molar-refractivity contribution is 6.05. The minimum absolute atomic E-state index is 0.111. The molecule has 0 radical (unpaired) electrons. The number of benzene rings is 3. The molecule has 1 aliphatic heterocycles. The number of hydrogen-bond acceptors (Lipinski definition) is 3. The fraction of sp³-hybridized carbons (Fsp3) is 0.310. The molecule has 2 saturated carbocycles. The highest BCUT2D eigenvalue weighted by Crippen LogP contribution is 2.63. The van der Waals surface area contributed by atoms with Crippen molar-refractivity contribution in [1.29, 1.82) is 0 Å². The zero-order chi connectivity index (χ0) is 23.2. The van der Waals surface area contributed by atoms with Crippen LogP contribution in [0.4, 0.5) is 17.1 Å². The molecule has 0 unspecified atom stereocenters. The molecule has 0 spiro atoms. The van der Waals surface area contributed by atoms with Gasteiger partial charge in [-0.15, -0.1) is 0 Å². The second kappa shape index (κ2) is 8.32. The molecule has 0 saturated heterocycles. The second-order valence-electron chi connectivity index (χ2n) is 9.98. The third-order valence-electron chi connectivity index (χ3n) is 7.97. The van der Waals surface area contributed by atoms with Crippen LogP contribution in [0.15, 0.2) is 72.8 Å². The number of amides is 2. The van der Waals surface area contributed by atoms with E-state index >= 15 is 0 Å². The third-order valence-corrected chi connectivity index (χ3v) is 7.97. The van der Waals surface area contributed by atoms with E-state index in [4.69, 9.17) is 0 Å². The van der Waals surface area contributed by atoms with E-state index < -0.39 is 0 Å². The van der Waals surface area contributed by atoms with Crippen molar-refractivity contribution in [2.75, 3.05) is 16.0 Å². The summed E-state index contributed by atoms with van der Waals surface area (Å²) in [5.41, 5.74) is 5.93. The smallest absolute Gasteiger partial charge is 0.255 e. The molecular formula is C29H29N3O2. The molecule has 34 heavy (non-hydrogen) atoms. The van der Waals surface area contributed by atoms with Gasteiger partial charge in [0, 0.05) is 29.5 Å². The SMILES string of the molecule is CC(=O)Nc1ccc(NC(=O)c2ccc3c(c2)[C@@H]2[C@H]4CC[C@@H](C4)[C@@H]2[C@@H](c2ccccc2)N3)cc1. The van der Waals surface area contributed by atoms with Crippen LogP contribution in [0.2, 0.25) is 0 Å². The average molecular weight is 452 g/mol. The first-order chi connectivity index (χ1) is 16.6. The van der Waals surface area contributed by atoms with Crippen LogP contribution >= 0.6 is 0 Å². The monoisotopic (exact) mass is 451 g/mol. The normalized spacial score (nSPS) is 26.2. The number of fused-ring (bicyclic) bond motifs is 7. The number of anilines is 3. The summed E-state index contributed by atoms with van der Waals surface area (Å²) in [5, 5.41) is 9.59. The van der Waals surface area contributed by atoms with Crippen molar-refractivity contribution in [2.24, 2.45) is 17.8 Å². The van der Waals surface area contributed by atoms with Crippen LogP contribution in [0.5, 0.6) is 0 Å². The van der Waals surface area contributed by atoms with Crippen LogP contribution < -0.4 is 16.0 Å². The molecule has 172 valence electrons. The van der Waals surface area contributed by atoms with Gasteiger partial charge in [-0.2, -0.15) is 0 Å². The number of hydrogen-bond donors (Lipinski definition) is 3. The Morgan fingerprint density at radius 2 is 1.56 bits per heavy atom. The van der Waals surface area contributed by atoms with Gasteiger partial charge in [-0.25, -0.2) is 0 Å². The molecule has 2 amide bonds. The van der Waals surface area contributed by atoms with E-state index in [-0.39, 0.29) is 11.8 Å². The summed E-state index contributed by atoms with van der Waals surface area (Å²) in [6.07, 6.45) is 3.92. The van der Waals surface area contributed by atoms with Crippen LogP contribution in [0.1, 0.15) is 59.6 Å². The molecule has 6 rings (SSSR count). The quantitative estimate of drug-likeness (QED) is 0.443. The molecular weight excluding hydrogens is 422 g/mol. The van der Waals surface area contributed by atoms with Gasteiger partial charge in [-0.05, 0) is 96.5 Å². The highest BCUT2D eigenvalue weighted by Gasteiger charge is 2.53. The molecule has 0 aromatic heterocycles. The van der Waals surface area contributed by atoms with Gasteiger partial charge in [0.1, 0.15) is 0 Å². The van der Waals surface area contributed by atoms with Gasteiger partial charge in [-0.1, -0.05) is 30.3 Å². The maximum atomic E-state index is 13.1. The second-order valence-corrected chi connectivity index (χ2v) is 9.98. The van der Waals surface area contributed by atoms with Crippen molar-refractivity contribution < 1.29 is 9.59 Å². The summed E-state index contributed by atoms with van der Waals surface area (Å²) in [5.74, 6) is 2.31. The van der Waals surface area contributed by atoms with Gasteiger partial charge in [-0.3, -0.25) is 9.59 Å². The van der Waals surface area contributed by atoms with Gasteiger partial charge < -0.3 is 16.0 Å². The lowest BCUT2D eigenvalue weighted by Gasteiger charge is -2.43. The maximum absolute atomic E-state index is 13.1. The topological polar surface area (TPSA) is 70.2 Å². The van der Waals surface area contributed by atoms with E-state index in [2.05, 4.69) is 58.4 Å². The Morgan fingerprint density at radius 3 is 2.29 bits per heavy atom. The molecule has 3 aromatic rings. The Labute approximate surface area is 200 Å². The molecule has 5 nitrogen and oxygen atoms in total. The van der Waals surface area contributed by atoms with Crippen molar-refractivity contribution in [2.45, 2.75) is 38.1 Å². The van der Waals surface area contributed by atoms with E-state index in [1.165, 1.54) is 43.0 Å². The van der Waals surface area contributed by atoms with Gasteiger partial charge in [0.2, 0.25) is 5.91 Å². The van der Waals surface area contributed by atoms with Crippen molar-refractivity contribution in [1.82, 2.24) is 0 Å². The van der Waals surface area contributed by atoms with Gasteiger partial charge in [0.15, 0.2) is 0 Å². The number of rotatable bonds is 4. The lowest BCUT2D eigenvalue weighted by Crippen LogP contribution is -2.35. The molecule has 5 heteroatoms. The third kappa shape index (κ3) is 3.65. The van der Waals surface area contributed by atoms with E-state index in [9.17, 15) is 9.59 Å². The van der Waals surface area contributed by atoms with Crippen molar-refractivity contribution >= 4 is 28.9 Å². The zero-order valence-corrected chi connectivity index (χ0v) is 19.3. The number of carbonyl (C=O) groups excluding carboxylic acids is 2.